The van der Waals surface area contributed by atoms with Gasteiger partial charge in [0.2, 0.25) is 15.9 Å². The quantitative estimate of drug-likeness (QED) is 0.617. The van der Waals surface area contributed by atoms with E-state index in [1.165, 1.54) is 16.4 Å². The molecule has 0 unspecified atom stereocenters. The highest BCUT2D eigenvalue weighted by molar-refractivity contribution is 7.89. The molecule has 0 radical (unpaired) electrons. The van der Waals surface area contributed by atoms with Gasteiger partial charge in [0.25, 0.3) is 0 Å². The Morgan fingerprint density at radius 3 is 2.39 bits per heavy atom. The molecule has 2 aromatic carbocycles. The molecule has 3 rings (SSSR count). The van der Waals surface area contributed by atoms with Crippen molar-refractivity contribution in [3.05, 3.63) is 47.5 Å². The zero-order valence-electron chi connectivity index (χ0n) is 17.6. The highest BCUT2D eigenvalue weighted by atomic mass is 35.5. The zero-order valence-corrected chi connectivity index (χ0v) is 19.2. The van der Waals surface area contributed by atoms with Gasteiger partial charge in [-0.3, -0.25) is 4.79 Å². The van der Waals surface area contributed by atoms with Gasteiger partial charge in [0, 0.05) is 37.2 Å². The summed E-state index contributed by atoms with van der Waals surface area (Å²) in [6, 6.07) is 11.3. The maximum atomic E-state index is 13.0. The summed E-state index contributed by atoms with van der Waals surface area (Å²) in [6.07, 6.45) is 1.24. The number of benzene rings is 2. The van der Waals surface area contributed by atoms with Crippen molar-refractivity contribution < 1.29 is 22.7 Å². The fourth-order valence-electron chi connectivity index (χ4n) is 3.39. The Morgan fingerprint density at radius 2 is 1.77 bits per heavy atom. The van der Waals surface area contributed by atoms with Gasteiger partial charge in [-0.05, 0) is 55.3 Å². The van der Waals surface area contributed by atoms with Gasteiger partial charge in [0.1, 0.15) is 5.75 Å². The molecule has 1 saturated heterocycles. The van der Waals surface area contributed by atoms with Gasteiger partial charge in [0.05, 0.1) is 10.6 Å². The molecule has 1 heterocycles. The van der Waals surface area contributed by atoms with Crippen molar-refractivity contribution >= 4 is 33.2 Å². The molecule has 1 fully saturated rings. The molecular weight excluding hydrogens is 440 g/mol. The Morgan fingerprint density at radius 1 is 1.13 bits per heavy atom. The second-order valence-electron chi connectivity index (χ2n) is 7.18. The summed E-state index contributed by atoms with van der Waals surface area (Å²) in [5.74, 6) is 0.494. The number of halogens is 1. The van der Waals surface area contributed by atoms with Gasteiger partial charge in [-0.1, -0.05) is 25.4 Å². The molecule has 1 amide bonds. The Bertz CT molecular complexity index is 1000. The number of rotatable bonds is 8. The SMILES string of the molecule is CCN(CC)S(=O)(=O)c1ccc(Oc2ccc(Cl)cc2)c(NC(=O)C2CCOCC2)c1. The minimum Gasteiger partial charge on any atom is -0.455 e. The van der Waals surface area contributed by atoms with Crippen LogP contribution in [0, 0.1) is 5.92 Å². The lowest BCUT2D eigenvalue weighted by Crippen LogP contribution is -2.31. The minimum atomic E-state index is -3.69. The highest BCUT2D eigenvalue weighted by Crippen LogP contribution is 2.34. The molecule has 1 aliphatic rings. The van der Waals surface area contributed by atoms with Crippen LogP contribution in [0.5, 0.6) is 11.5 Å². The second kappa shape index (κ2) is 10.5. The van der Waals surface area contributed by atoms with Gasteiger partial charge in [-0.2, -0.15) is 4.31 Å². The van der Waals surface area contributed by atoms with Crippen LogP contribution < -0.4 is 10.1 Å². The minimum absolute atomic E-state index is 0.0990. The molecule has 0 aliphatic carbocycles. The van der Waals surface area contributed by atoms with Crippen LogP contribution in [0.3, 0.4) is 0 Å². The summed E-state index contributed by atoms with van der Waals surface area (Å²) in [6.45, 7) is 5.34. The normalized spacial score (nSPS) is 15.1. The number of anilines is 1. The number of carbonyl (C=O) groups excluding carboxylic acids is 1. The van der Waals surface area contributed by atoms with Crippen LogP contribution in [-0.4, -0.2) is 44.9 Å². The fraction of sp³-hybridized carbons (Fsp3) is 0.409. The number of ether oxygens (including phenoxy) is 2. The van der Waals surface area contributed by atoms with Crippen LogP contribution in [0.4, 0.5) is 5.69 Å². The molecule has 168 valence electrons. The summed E-state index contributed by atoms with van der Waals surface area (Å²) in [4.78, 5) is 12.9. The number of nitrogens with zero attached hydrogens (tertiary/aromatic N) is 1. The summed E-state index contributed by atoms with van der Waals surface area (Å²) in [5.41, 5.74) is 0.305. The van der Waals surface area contributed by atoms with Crippen molar-refractivity contribution in [1.29, 1.82) is 0 Å². The van der Waals surface area contributed by atoms with E-state index >= 15 is 0 Å². The Labute approximate surface area is 188 Å². The number of nitrogens with one attached hydrogen (secondary N) is 1. The molecule has 1 N–H and O–H groups in total. The number of hydrogen-bond donors (Lipinski definition) is 1. The fourth-order valence-corrected chi connectivity index (χ4v) is 5.00. The van der Waals surface area contributed by atoms with Crippen molar-refractivity contribution in [2.45, 2.75) is 31.6 Å². The van der Waals surface area contributed by atoms with E-state index in [1.54, 1.807) is 44.2 Å². The van der Waals surface area contributed by atoms with Crippen LogP contribution in [0.15, 0.2) is 47.4 Å². The summed E-state index contributed by atoms with van der Waals surface area (Å²) < 4.78 is 38.6. The zero-order chi connectivity index (χ0) is 22.4. The topological polar surface area (TPSA) is 84.9 Å². The molecule has 0 saturated carbocycles. The maximum absolute atomic E-state index is 13.0. The van der Waals surface area contributed by atoms with Gasteiger partial charge in [-0.15, -0.1) is 0 Å². The predicted molar refractivity (Wildman–Crippen MR) is 120 cm³/mol. The molecule has 0 aromatic heterocycles. The van der Waals surface area contributed by atoms with Gasteiger partial charge < -0.3 is 14.8 Å². The monoisotopic (exact) mass is 466 g/mol. The largest absolute Gasteiger partial charge is 0.455 e. The summed E-state index contributed by atoms with van der Waals surface area (Å²) in [7, 11) is -3.69. The van der Waals surface area contributed by atoms with Crippen molar-refractivity contribution in [3.8, 4) is 11.5 Å². The molecule has 31 heavy (non-hydrogen) atoms. The lowest BCUT2D eigenvalue weighted by molar-refractivity contribution is -0.122. The molecular formula is C22H27ClN2O5S. The van der Waals surface area contributed by atoms with Gasteiger partial charge >= 0.3 is 0 Å². The van der Waals surface area contributed by atoms with E-state index in [-0.39, 0.29) is 16.7 Å². The van der Waals surface area contributed by atoms with Crippen molar-refractivity contribution in [2.24, 2.45) is 5.92 Å². The first-order chi connectivity index (χ1) is 14.8. The molecule has 0 spiro atoms. The first-order valence-electron chi connectivity index (χ1n) is 10.3. The van der Waals surface area contributed by atoms with Crippen molar-refractivity contribution in [3.63, 3.8) is 0 Å². The molecule has 0 atom stereocenters. The standard InChI is InChI=1S/C22H27ClN2O5S/c1-3-25(4-2)31(27,28)19-9-10-21(30-18-7-5-17(23)6-8-18)20(15-19)24-22(26)16-11-13-29-14-12-16/h5-10,15-16H,3-4,11-14H2,1-2H3,(H,24,26). The Hall–Kier alpha value is -2.13. The van der Waals surface area contributed by atoms with E-state index in [9.17, 15) is 13.2 Å². The molecule has 9 heteroatoms. The van der Waals surface area contributed by atoms with Crippen LogP contribution in [0.2, 0.25) is 5.02 Å². The average molecular weight is 467 g/mol. The molecule has 0 bridgehead atoms. The van der Waals surface area contributed by atoms with E-state index in [1.807, 2.05) is 0 Å². The van der Waals surface area contributed by atoms with Crippen LogP contribution in [0.25, 0.3) is 0 Å². The maximum Gasteiger partial charge on any atom is 0.243 e. The van der Waals surface area contributed by atoms with Gasteiger partial charge in [0.15, 0.2) is 5.75 Å². The highest BCUT2D eigenvalue weighted by Gasteiger charge is 2.26. The van der Waals surface area contributed by atoms with E-state index < -0.39 is 10.0 Å². The van der Waals surface area contributed by atoms with Crippen LogP contribution >= 0.6 is 11.6 Å². The van der Waals surface area contributed by atoms with E-state index in [4.69, 9.17) is 21.1 Å². The first-order valence-corrected chi connectivity index (χ1v) is 12.1. The van der Waals surface area contributed by atoms with Crippen LogP contribution in [-0.2, 0) is 19.6 Å². The van der Waals surface area contributed by atoms with E-state index in [2.05, 4.69) is 5.32 Å². The third kappa shape index (κ3) is 5.77. The Balaban J connectivity index is 1.95. The number of hydrogen-bond acceptors (Lipinski definition) is 5. The lowest BCUT2D eigenvalue weighted by Gasteiger charge is -2.23. The number of sulfonamides is 1. The summed E-state index contributed by atoms with van der Waals surface area (Å²) in [5, 5.41) is 3.44. The Kier molecular flexibility index (Phi) is 7.94. The summed E-state index contributed by atoms with van der Waals surface area (Å²) >= 11 is 5.93. The predicted octanol–water partition coefficient (Wildman–Crippen LogP) is 4.53. The molecule has 1 aliphatic heterocycles. The van der Waals surface area contributed by atoms with Crippen molar-refractivity contribution in [2.75, 3.05) is 31.6 Å². The van der Waals surface area contributed by atoms with Gasteiger partial charge in [-0.25, -0.2) is 8.42 Å². The number of amides is 1. The number of carbonyl (C=O) groups is 1. The van der Waals surface area contributed by atoms with E-state index in [0.29, 0.717) is 61.4 Å². The van der Waals surface area contributed by atoms with E-state index in [0.717, 1.165) is 0 Å². The molecule has 7 nitrogen and oxygen atoms in total. The molecule has 2 aromatic rings. The third-order valence-corrected chi connectivity index (χ3v) is 7.48. The first kappa shape index (κ1) is 23.5. The second-order valence-corrected chi connectivity index (χ2v) is 9.55. The third-order valence-electron chi connectivity index (χ3n) is 5.19. The smallest absolute Gasteiger partial charge is 0.243 e. The van der Waals surface area contributed by atoms with Crippen molar-refractivity contribution in [1.82, 2.24) is 4.31 Å². The van der Waals surface area contributed by atoms with Crippen LogP contribution in [0.1, 0.15) is 26.7 Å². The lowest BCUT2D eigenvalue weighted by atomic mass is 9.99. The average Bonchev–Trinajstić information content (AvgIpc) is 2.77.